The van der Waals surface area contributed by atoms with Crippen molar-refractivity contribution in [3.8, 4) is 0 Å². The molecule has 0 saturated carbocycles. The topological polar surface area (TPSA) is 95.9 Å². The van der Waals surface area contributed by atoms with Gasteiger partial charge in [-0.25, -0.2) is 0 Å². The number of unbranched alkanes of at least 4 members (excludes halogenated alkanes) is 36. The van der Waals surface area contributed by atoms with Crippen LogP contribution in [0.2, 0.25) is 0 Å². The molecule has 0 saturated heterocycles. The summed E-state index contributed by atoms with van der Waals surface area (Å²) >= 11 is 0. The number of amides is 1. The molecule has 0 radical (unpaired) electrons. The molecule has 3 unspecified atom stereocenters. The number of aliphatic hydroxyl groups excluding tert-OH is 2. The van der Waals surface area contributed by atoms with E-state index in [1.54, 1.807) is 0 Å². The maximum atomic E-state index is 13.2. The van der Waals surface area contributed by atoms with Crippen LogP contribution in [0.4, 0.5) is 0 Å². The van der Waals surface area contributed by atoms with Gasteiger partial charge in [-0.15, -0.1) is 0 Å². The Bertz CT molecular complexity index is 1070. The molecule has 0 spiro atoms. The largest absolute Gasteiger partial charge is 0.462 e. The highest BCUT2D eigenvalue weighted by Crippen LogP contribution is 2.18. The Morgan fingerprint density at radius 2 is 0.785 bits per heavy atom. The molecule has 3 atom stereocenters. The molecule has 382 valence electrons. The van der Waals surface area contributed by atoms with Crippen molar-refractivity contribution in [2.75, 3.05) is 6.61 Å². The van der Waals surface area contributed by atoms with Crippen molar-refractivity contribution in [3.05, 3.63) is 36.5 Å². The predicted molar refractivity (Wildman–Crippen MR) is 282 cm³/mol. The van der Waals surface area contributed by atoms with Gasteiger partial charge in [-0.05, 0) is 51.4 Å². The molecule has 0 aliphatic carbocycles. The van der Waals surface area contributed by atoms with E-state index in [1.165, 1.54) is 186 Å². The third-order valence-corrected chi connectivity index (χ3v) is 13.3. The molecule has 0 rings (SSSR count). The standard InChI is InChI=1S/C59H111NO5/c1-4-7-10-13-16-19-22-25-27-29-30-32-34-37-40-43-46-49-52-59(64)65-55(50-47-44-41-38-35-33-31-28-26-23-20-17-14-11-8-5-2)53-58(63)60-56(54-61)57(62)51-48-45-42-39-36-24-21-18-15-12-9-6-3/h23,26,28,31,33,35,55-57,61-62H,4-22,24-25,27,29-30,32,34,36-54H2,1-3H3,(H,60,63)/b26-23+,31-28+,35-33+. The fraction of sp³-hybridized carbons (Fsp3) is 0.864. The first kappa shape index (κ1) is 63.1. The molecule has 0 aromatic carbocycles. The number of aliphatic hydroxyl groups is 2. The minimum atomic E-state index is -0.795. The first-order chi connectivity index (χ1) is 32.0. The highest BCUT2D eigenvalue weighted by atomic mass is 16.5. The Kier molecular flexibility index (Phi) is 51.5. The van der Waals surface area contributed by atoms with E-state index in [-0.39, 0.29) is 24.9 Å². The van der Waals surface area contributed by atoms with Crippen molar-refractivity contribution in [3.63, 3.8) is 0 Å². The molecule has 0 aromatic rings. The fourth-order valence-electron chi connectivity index (χ4n) is 8.90. The quantitative estimate of drug-likeness (QED) is 0.0321. The van der Waals surface area contributed by atoms with Crippen molar-refractivity contribution in [2.45, 2.75) is 322 Å². The van der Waals surface area contributed by atoms with Gasteiger partial charge in [0.1, 0.15) is 6.10 Å². The van der Waals surface area contributed by atoms with Crippen molar-refractivity contribution < 1.29 is 24.5 Å². The number of hydrogen-bond donors (Lipinski definition) is 3. The van der Waals surface area contributed by atoms with Crippen LogP contribution in [0, 0.1) is 0 Å². The first-order valence-corrected chi connectivity index (χ1v) is 28.7. The Balaban J connectivity index is 4.58. The summed E-state index contributed by atoms with van der Waals surface area (Å²) in [5, 5.41) is 23.8. The lowest BCUT2D eigenvalue weighted by Crippen LogP contribution is -2.46. The number of carbonyl (C=O) groups is 2. The number of rotatable bonds is 52. The summed E-state index contributed by atoms with van der Waals surface area (Å²) in [4.78, 5) is 26.2. The number of allylic oxidation sites excluding steroid dienone is 6. The molecule has 0 fully saturated rings. The molecule has 1 amide bonds. The summed E-state index contributed by atoms with van der Waals surface area (Å²) in [5.74, 6) is -0.491. The molecule has 65 heavy (non-hydrogen) atoms. The summed E-state index contributed by atoms with van der Waals surface area (Å²) in [6, 6.07) is -0.710. The number of esters is 1. The Labute approximate surface area is 404 Å². The van der Waals surface area contributed by atoms with Crippen LogP contribution in [0.15, 0.2) is 36.5 Å². The van der Waals surface area contributed by atoms with Gasteiger partial charge in [0.25, 0.3) is 0 Å². The van der Waals surface area contributed by atoms with Crippen molar-refractivity contribution in [1.82, 2.24) is 5.32 Å². The number of carbonyl (C=O) groups excluding carboxylic acids is 2. The van der Waals surface area contributed by atoms with Gasteiger partial charge >= 0.3 is 5.97 Å². The molecule has 6 nitrogen and oxygen atoms in total. The van der Waals surface area contributed by atoms with Crippen LogP contribution in [0.25, 0.3) is 0 Å². The molecule has 0 aliphatic rings. The third-order valence-electron chi connectivity index (χ3n) is 13.3. The number of nitrogens with one attached hydrogen (secondary N) is 1. The van der Waals surface area contributed by atoms with Crippen molar-refractivity contribution >= 4 is 11.9 Å². The molecule has 3 N–H and O–H groups in total. The van der Waals surface area contributed by atoms with Crippen LogP contribution in [-0.2, 0) is 14.3 Å². The summed E-state index contributed by atoms with van der Waals surface area (Å²) < 4.78 is 5.95. The van der Waals surface area contributed by atoms with Crippen LogP contribution in [0.1, 0.15) is 303 Å². The van der Waals surface area contributed by atoms with E-state index < -0.39 is 18.2 Å². The van der Waals surface area contributed by atoms with Crippen LogP contribution in [0.5, 0.6) is 0 Å². The SMILES string of the molecule is CCCCCCC/C=C/C=C/C=C/CCCCCC(CC(=O)NC(CO)C(O)CCCCCCCCCCCCCC)OC(=O)CCCCCCCCCCCCCCCCCCCC. The second-order valence-electron chi connectivity index (χ2n) is 19.8. The van der Waals surface area contributed by atoms with Gasteiger partial charge in [0.15, 0.2) is 0 Å². The lowest BCUT2D eigenvalue weighted by Gasteiger charge is -2.24. The van der Waals surface area contributed by atoms with Gasteiger partial charge in [-0.3, -0.25) is 9.59 Å². The first-order valence-electron chi connectivity index (χ1n) is 28.7. The molecular formula is C59H111NO5. The summed E-state index contributed by atoms with van der Waals surface area (Å²) in [7, 11) is 0. The number of hydrogen-bond acceptors (Lipinski definition) is 5. The van der Waals surface area contributed by atoms with Gasteiger partial charge in [0, 0.05) is 6.42 Å². The normalized spacial score (nSPS) is 13.4. The molecule has 0 aliphatic heterocycles. The Hall–Kier alpha value is -1.92. The predicted octanol–water partition coefficient (Wildman–Crippen LogP) is 17.6. The highest BCUT2D eigenvalue weighted by Gasteiger charge is 2.24. The zero-order chi connectivity index (χ0) is 47.4. The van der Waals surface area contributed by atoms with Gasteiger partial charge in [-0.1, -0.05) is 276 Å². The minimum absolute atomic E-state index is 0.0592. The zero-order valence-corrected chi connectivity index (χ0v) is 43.6. The maximum Gasteiger partial charge on any atom is 0.306 e. The molecular weight excluding hydrogens is 803 g/mol. The lowest BCUT2D eigenvalue weighted by molar-refractivity contribution is -0.151. The van der Waals surface area contributed by atoms with E-state index in [4.69, 9.17) is 4.74 Å². The molecule has 0 aromatic heterocycles. The van der Waals surface area contributed by atoms with Gasteiger partial charge in [-0.2, -0.15) is 0 Å². The molecule has 0 heterocycles. The fourth-order valence-corrected chi connectivity index (χ4v) is 8.90. The summed E-state index contributed by atoms with van der Waals surface area (Å²) in [6.45, 7) is 6.49. The third kappa shape index (κ3) is 48.3. The van der Waals surface area contributed by atoms with E-state index in [0.717, 1.165) is 70.6 Å². The lowest BCUT2D eigenvalue weighted by atomic mass is 10.0. The molecule has 0 bridgehead atoms. The van der Waals surface area contributed by atoms with E-state index in [1.807, 2.05) is 0 Å². The van der Waals surface area contributed by atoms with E-state index in [2.05, 4.69) is 62.5 Å². The average Bonchev–Trinajstić information content (AvgIpc) is 3.30. The van der Waals surface area contributed by atoms with Crippen LogP contribution in [-0.4, -0.2) is 46.9 Å². The highest BCUT2D eigenvalue weighted by molar-refractivity contribution is 5.77. The van der Waals surface area contributed by atoms with Gasteiger partial charge in [0.2, 0.25) is 5.91 Å². The second-order valence-corrected chi connectivity index (χ2v) is 19.8. The van der Waals surface area contributed by atoms with Crippen molar-refractivity contribution in [1.29, 1.82) is 0 Å². The second kappa shape index (κ2) is 53.0. The maximum absolute atomic E-state index is 13.2. The molecule has 6 heteroatoms. The summed E-state index contributed by atoms with van der Waals surface area (Å²) in [6.07, 6.45) is 63.5. The van der Waals surface area contributed by atoms with Crippen LogP contribution in [0.3, 0.4) is 0 Å². The Morgan fingerprint density at radius 3 is 1.18 bits per heavy atom. The zero-order valence-electron chi connectivity index (χ0n) is 43.6. The number of ether oxygens (including phenoxy) is 1. The van der Waals surface area contributed by atoms with E-state index >= 15 is 0 Å². The minimum Gasteiger partial charge on any atom is -0.462 e. The summed E-state index contributed by atoms with van der Waals surface area (Å²) in [5.41, 5.74) is 0. The van der Waals surface area contributed by atoms with Crippen LogP contribution < -0.4 is 5.32 Å². The van der Waals surface area contributed by atoms with Crippen molar-refractivity contribution in [2.24, 2.45) is 0 Å². The van der Waals surface area contributed by atoms with Gasteiger partial charge in [0.05, 0.1) is 25.2 Å². The van der Waals surface area contributed by atoms with E-state index in [9.17, 15) is 19.8 Å². The monoisotopic (exact) mass is 914 g/mol. The smallest absolute Gasteiger partial charge is 0.306 e. The average molecular weight is 915 g/mol. The van der Waals surface area contributed by atoms with Crippen LogP contribution >= 0.6 is 0 Å². The van der Waals surface area contributed by atoms with E-state index in [0.29, 0.717) is 19.3 Å². The van der Waals surface area contributed by atoms with Gasteiger partial charge < -0.3 is 20.3 Å². The Morgan fingerprint density at radius 1 is 0.446 bits per heavy atom.